The van der Waals surface area contributed by atoms with Crippen LogP contribution in [0.5, 0.6) is 0 Å². The summed E-state index contributed by atoms with van der Waals surface area (Å²) in [6.07, 6.45) is 0. The highest BCUT2D eigenvalue weighted by Gasteiger charge is 2.19. The summed E-state index contributed by atoms with van der Waals surface area (Å²) in [7, 11) is 0. The predicted molar refractivity (Wildman–Crippen MR) is 174 cm³/mol. The molecule has 0 saturated heterocycles. The molecule has 1 N–H and O–H groups in total. The van der Waals surface area contributed by atoms with Gasteiger partial charge in [0.2, 0.25) is 0 Å². The second-order valence-corrected chi connectivity index (χ2v) is 11.4. The van der Waals surface area contributed by atoms with Crippen LogP contribution in [0, 0.1) is 13.8 Å². The van der Waals surface area contributed by atoms with Crippen molar-refractivity contribution in [2.24, 2.45) is 0 Å². The number of aromatic nitrogens is 4. The highest BCUT2D eigenvalue weighted by Crippen LogP contribution is 2.27. The number of halogens is 5. The fraction of sp³-hybridized carbons (Fsp3) is 0.0667. The van der Waals surface area contributed by atoms with Crippen molar-refractivity contribution in [1.29, 1.82) is 0 Å². The number of fused-ring (bicyclic) bond motifs is 2. The molecule has 0 aliphatic carbocycles. The van der Waals surface area contributed by atoms with E-state index in [0.717, 1.165) is 37.5 Å². The molecular weight excluding hydrogens is 715 g/mol. The molecular formula is C30H21Br2Cl3N4O2. The molecule has 0 fully saturated rings. The van der Waals surface area contributed by atoms with Gasteiger partial charge < -0.3 is 0 Å². The molecule has 0 saturated carbocycles. The quantitative estimate of drug-likeness (QED) is 0.180. The molecule has 0 unspecified atom stereocenters. The van der Waals surface area contributed by atoms with Gasteiger partial charge in [0.1, 0.15) is 9.21 Å². The average molecular weight is 736 g/mol. The van der Waals surface area contributed by atoms with Gasteiger partial charge in [0, 0.05) is 10.8 Å². The van der Waals surface area contributed by atoms with Gasteiger partial charge >= 0.3 is 0 Å². The lowest BCUT2D eigenvalue weighted by Crippen LogP contribution is -2.15. The molecule has 0 amide bonds. The third-order valence-electron chi connectivity index (χ3n) is 6.00. The number of hydrogen-bond acceptors (Lipinski definition) is 4. The molecule has 0 aliphatic rings. The fourth-order valence-corrected chi connectivity index (χ4v) is 5.83. The summed E-state index contributed by atoms with van der Waals surface area (Å²) in [5.74, 6) is -0.227. The number of nitrogens with zero attached hydrogens (tertiary/aromatic N) is 3. The minimum absolute atomic E-state index is 0.227. The van der Waals surface area contributed by atoms with E-state index in [0.29, 0.717) is 25.8 Å². The Labute approximate surface area is 267 Å². The van der Waals surface area contributed by atoms with Crippen LogP contribution in [0.2, 0.25) is 10.0 Å². The van der Waals surface area contributed by atoms with Crippen LogP contribution in [-0.4, -0.2) is 31.1 Å². The number of aryl methyl sites for hydroxylation is 2. The van der Waals surface area contributed by atoms with E-state index >= 15 is 0 Å². The van der Waals surface area contributed by atoms with E-state index in [-0.39, 0.29) is 5.91 Å². The van der Waals surface area contributed by atoms with E-state index in [1.54, 1.807) is 31.2 Å². The Balaban J connectivity index is 0.000000156. The molecule has 0 aliphatic heterocycles. The van der Waals surface area contributed by atoms with Gasteiger partial charge in [0.05, 0.1) is 32.2 Å². The van der Waals surface area contributed by atoms with Gasteiger partial charge in [-0.1, -0.05) is 83.9 Å². The SMILES string of the molecule is Brc1[nH]nc2ccccc12.Cc1cccc(Cl)c1C(=O)Cl.Cc1cccc(Cl)c1C(=O)n1nc(Br)c2ccccc21. The maximum atomic E-state index is 12.7. The molecule has 41 heavy (non-hydrogen) atoms. The zero-order valence-corrected chi connectivity index (χ0v) is 27.1. The Bertz CT molecular complexity index is 1840. The highest BCUT2D eigenvalue weighted by molar-refractivity contribution is 9.10. The number of nitrogens with one attached hydrogen (secondary N) is 1. The molecule has 2 aromatic heterocycles. The summed E-state index contributed by atoms with van der Waals surface area (Å²) < 4.78 is 2.97. The molecule has 2 heterocycles. The van der Waals surface area contributed by atoms with Crippen LogP contribution < -0.4 is 0 Å². The van der Waals surface area contributed by atoms with Crippen molar-refractivity contribution < 1.29 is 9.59 Å². The van der Waals surface area contributed by atoms with Gasteiger partial charge in [-0.3, -0.25) is 14.7 Å². The highest BCUT2D eigenvalue weighted by atomic mass is 79.9. The Morgan fingerprint density at radius 3 is 1.88 bits per heavy atom. The van der Waals surface area contributed by atoms with E-state index < -0.39 is 5.24 Å². The summed E-state index contributed by atoms with van der Waals surface area (Å²) in [5, 5.41) is 13.5. The normalized spacial score (nSPS) is 10.5. The van der Waals surface area contributed by atoms with Crippen LogP contribution >= 0.6 is 66.7 Å². The first-order chi connectivity index (χ1) is 19.6. The zero-order valence-electron chi connectivity index (χ0n) is 21.6. The number of rotatable bonds is 2. The standard InChI is InChI=1S/C15H10BrClN2O.C8H6Cl2O.C7H5BrN2/c1-9-5-4-7-11(17)13(9)15(20)19-12-8-3-2-6-10(12)14(16)18-19;1-5-3-2-4-6(9)7(5)8(10)11;8-7-5-3-1-2-4-6(5)9-10-7/h2-8H,1H3;2-4H,1H3;1-4H,(H,9,10). The van der Waals surface area contributed by atoms with Crippen molar-refractivity contribution in [3.05, 3.63) is 126 Å². The van der Waals surface area contributed by atoms with Crippen molar-refractivity contribution >= 4 is 99.6 Å². The van der Waals surface area contributed by atoms with Crippen molar-refractivity contribution in [2.75, 3.05) is 0 Å². The maximum Gasteiger partial charge on any atom is 0.280 e. The van der Waals surface area contributed by atoms with E-state index in [1.165, 1.54) is 4.68 Å². The summed E-state index contributed by atoms with van der Waals surface area (Å²) in [5.41, 5.74) is 4.26. The fourth-order valence-electron chi connectivity index (χ4n) is 4.00. The third-order valence-corrected chi connectivity index (χ3v) is 8.01. The molecule has 6 rings (SSSR count). The van der Waals surface area contributed by atoms with Crippen molar-refractivity contribution in [1.82, 2.24) is 20.0 Å². The van der Waals surface area contributed by atoms with Gasteiger partial charge in [-0.2, -0.15) is 14.9 Å². The minimum atomic E-state index is -0.506. The maximum absolute atomic E-state index is 12.7. The number of carbonyl (C=O) groups excluding carboxylic acids is 2. The largest absolute Gasteiger partial charge is 0.280 e. The summed E-state index contributed by atoms with van der Waals surface area (Å²) >= 11 is 23.9. The lowest BCUT2D eigenvalue weighted by Gasteiger charge is -2.07. The van der Waals surface area contributed by atoms with Gasteiger partial charge in [-0.25, -0.2) is 0 Å². The lowest BCUT2D eigenvalue weighted by atomic mass is 10.1. The Morgan fingerprint density at radius 2 is 1.32 bits per heavy atom. The van der Waals surface area contributed by atoms with E-state index in [4.69, 9.17) is 34.8 Å². The first-order valence-electron chi connectivity index (χ1n) is 12.1. The first-order valence-corrected chi connectivity index (χ1v) is 14.8. The molecule has 6 nitrogen and oxygen atoms in total. The number of H-pyrrole nitrogens is 1. The number of para-hydroxylation sites is 2. The van der Waals surface area contributed by atoms with Gasteiger partial charge in [-0.05, 0) is 92.7 Å². The van der Waals surface area contributed by atoms with Crippen LogP contribution in [0.25, 0.3) is 21.8 Å². The number of benzene rings is 4. The molecule has 0 atom stereocenters. The lowest BCUT2D eigenvalue weighted by molar-refractivity contribution is 0.0949. The van der Waals surface area contributed by atoms with E-state index in [1.807, 2.05) is 67.6 Å². The first kappa shape index (κ1) is 30.9. The Hall–Kier alpha value is -3.01. The van der Waals surface area contributed by atoms with Crippen LogP contribution in [-0.2, 0) is 0 Å². The van der Waals surface area contributed by atoms with Crippen LogP contribution in [0.1, 0.15) is 31.8 Å². The van der Waals surface area contributed by atoms with Gasteiger partial charge in [0.15, 0.2) is 0 Å². The second-order valence-electron chi connectivity index (χ2n) is 8.72. The van der Waals surface area contributed by atoms with Crippen LogP contribution in [0.3, 0.4) is 0 Å². The van der Waals surface area contributed by atoms with E-state index in [2.05, 4.69) is 47.2 Å². The molecule has 4 aromatic carbocycles. The summed E-state index contributed by atoms with van der Waals surface area (Å²) in [4.78, 5) is 23.5. The molecule has 6 aromatic rings. The number of aromatic amines is 1. The van der Waals surface area contributed by atoms with Crippen molar-refractivity contribution in [2.45, 2.75) is 13.8 Å². The van der Waals surface area contributed by atoms with Crippen molar-refractivity contribution in [3.63, 3.8) is 0 Å². The van der Waals surface area contributed by atoms with E-state index in [9.17, 15) is 9.59 Å². The van der Waals surface area contributed by atoms with Gasteiger partial charge in [-0.15, -0.1) is 0 Å². The molecule has 0 radical (unpaired) electrons. The smallest absolute Gasteiger partial charge is 0.276 e. The predicted octanol–water partition coefficient (Wildman–Crippen LogP) is 9.80. The zero-order chi connectivity index (χ0) is 29.7. The molecule has 11 heteroatoms. The summed E-state index contributed by atoms with van der Waals surface area (Å²) in [6.45, 7) is 3.65. The third kappa shape index (κ3) is 7.08. The van der Waals surface area contributed by atoms with Crippen LogP contribution in [0.4, 0.5) is 0 Å². The average Bonchev–Trinajstić information content (AvgIpc) is 3.49. The van der Waals surface area contributed by atoms with Gasteiger partial charge in [0.25, 0.3) is 11.1 Å². The number of carbonyl (C=O) groups is 2. The number of hydrogen-bond donors (Lipinski definition) is 1. The molecule has 0 bridgehead atoms. The molecule has 208 valence electrons. The Kier molecular flexibility index (Phi) is 10.4. The Morgan fingerprint density at radius 1 is 0.756 bits per heavy atom. The molecule has 0 spiro atoms. The monoisotopic (exact) mass is 732 g/mol. The second kappa shape index (κ2) is 13.8. The summed E-state index contributed by atoms with van der Waals surface area (Å²) in [6, 6.07) is 26.1. The topological polar surface area (TPSA) is 80.6 Å². The van der Waals surface area contributed by atoms with Crippen molar-refractivity contribution in [3.8, 4) is 0 Å². The van der Waals surface area contributed by atoms with Crippen LogP contribution in [0.15, 0.2) is 94.1 Å². The minimum Gasteiger partial charge on any atom is -0.276 e.